The number of thiazole rings is 1. The minimum atomic E-state index is 0.115. The first-order valence-electron chi connectivity index (χ1n) is 5.66. The monoisotopic (exact) mass is 264 g/mol. The van der Waals surface area contributed by atoms with E-state index in [1.165, 1.54) is 11.3 Å². The maximum absolute atomic E-state index is 5.67. The van der Waals surface area contributed by atoms with E-state index in [-0.39, 0.29) is 6.10 Å². The number of methoxy groups -OCH3 is 1. The van der Waals surface area contributed by atoms with Gasteiger partial charge in [-0.3, -0.25) is 0 Å². The number of nitrogens with zero attached hydrogens (tertiary/aromatic N) is 1. The Morgan fingerprint density at radius 2 is 2.06 bits per heavy atom. The number of nitrogens with two attached hydrogens (primary N) is 1. The molecule has 2 rings (SSSR count). The molecule has 0 saturated carbocycles. The SMILES string of the molecule is COc1cc(-c2cnc(N)s2)ccc1OC(C)C. The van der Waals surface area contributed by atoms with Crippen LogP contribution in [0.15, 0.2) is 24.4 Å². The summed E-state index contributed by atoms with van der Waals surface area (Å²) in [4.78, 5) is 5.06. The van der Waals surface area contributed by atoms with Gasteiger partial charge < -0.3 is 15.2 Å². The van der Waals surface area contributed by atoms with Crippen molar-refractivity contribution in [3.05, 3.63) is 24.4 Å². The molecule has 1 heterocycles. The van der Waals surface area contributed by atoms with E-state index < -0.39 is 0 Å². The zero-order valence-electron chi connectivity index (χ0n) is 10.6. The van der Waals surface area contributed by atoms with Gasteiger partial charge in [-0.05, 0) is 37.6 Å². The van der Waals surface area contributed by atoms with Gasteiger partial charge in [0.25, 0.3) is 0 Å². The topological polar surface area (TPSA) is 57.4 Å². The molecule has 0 amide bonds. The summed E-state index contributed by atoms with van der Waals surface area (Å²) in [5.74, 6) is 1.46. The van der Waals surface area contributed by atoms with Crippen LogP contribution in [0.1, 0.15) is 13.8 Å². The zero-order valence-corrected chi connectivity index (χ0v) is 11.5. The van der Waals surface area contributed by atoms with E-state index in [2.05, 4.69) is 4.98 Å². The maximum atomic E-state index is 5.67. The zero-order chi connectivity index (χ0) is 13.1. The van der Waals surface area contributed by atoms with Crippen LogP contribution in [0.3, 0.4) is 0 Å². The van der Waals surface area contributed by atoms with E-state index >= 15 is 0 Å². The number of nitrogen functional groups attached to an aromatic ring is 1. The Labute approximate surface area is 110 Å². The van der Waals surface area contributed by atoms with E-state index in [4.69, 9.17) is 15.2 Å². The van der Waals surface area contributed by atoms with Crippen LogP contribution in [-0.2, 0) is 0 Å². The molecule has 0 saturated heterocycles. The number of benzene rings is 1. The second-order valence-corrected chi connectivity index (χ2v) is 5.16. The number of rotatable bonds is 4. The Hall–Kier alpha value is -1.75. The highest BCUT2D eigenvalue weighted by Gasteiger charge is 2.10. The van der Waals surface area contributed by atoms with Gasteiger partial charge >= 0.3 is 0 Å². The molecule has 18 heavy (non-hydrogen) atoms. The number of anilines is 1. The van der Waals surface area contributed by atoms with Gasteiger partial charge in [0.2, 0.25) is 0 Å². The minimum absolute atomic E-state index is 0.115. The summed E-state index contributed by atoms with van der Waals surface area (Å²) in [5, 5.41) is 0.562. The van der Waals surface area contributed by atoms with E-state index in [1.807, 2.05) is 32.0 Å². The molecule has 5 heteroatoms. The number of hydrogen-bond donors (Lipinski definition) is 1. The van der Waals surface area contributed by atoms with Crippen molar-refractivity contribution in [1.82, 2.24) is 4.98 Å². The molecule has 2 aromatic rings. The van der Waals surface area contributed by atoms with Crippen LogP contribution in [0.2, 0.25) is 0 Å². The lowest BCUT2D eigenvalue weighted by Crippen LogP contribution is -2.06. The number of aromatic nitrogens is 1. The van der Waals surface area contributed by atoms with Gasteiger partial charge in [-0.25, -0.2) is 4.98 Å². The highest BCUT2D eigenvalue weighted by molar-refractivity contribution is 7.18. The van der Waals surface area contributed by atoms with Crippen molar-refractivity contribution in [2.45, 2.75) is 20.0 Å². The van der Waals surface area contributed by atoms with Gasteiger partial charge in [0.15, 0.2) is 16.6 Å². The predicted octanol–water partition coefficient (Wildman–Crippen LogP) is 3.19. The van der Waals surface area contributed by atoms with Crippen LogP contribution in [0, 0.1) is 0 Å². The summed E-state index contributed by atoms with van der Waals surface area (Å²) in [6.45, 7) is 3.97. The average molecular weight is 264 g/mol. The third-order valence-electron chi connectivity index (χ3n) is 2.33. The normalized spacial score (nSPS) is 10.7. The van der Waals surface area contributed by atoms with Crippen molar-refractivity contribution in [2.75, 3.05) is 12.8 Å². The highest BCUT2D eigenvalue weighted by atomic mass is 32.1. The lowest BCUT2D eigenvalue weighted by molar-refractivity contribution is 0.230. The number of ether oxygens (including phenoxy) is 2. The molecular formula is C13H16N2O2S. The Bertz CT molecular complexity index is 538. The van der Waals surface area contributed by atoms with Crippen LogP contribution < -0.4 is 15.2 Å². The summed E-state index contributed by atoms with van der Waals surface area (Å²) in [7, 11) is 1.63. The van der Waals surface area contributed by atoms with Crippen molar-refractivity contribution in [3.63, 3.8) is 0 Å². The molecule has 2 N–H and O–H groups in total. The largest absolute Gasteiger partial charge is 0.493 e. The Kier molecular flexibility index (Phi) is 3.72. The Morgan fingerprint density at radius 1 is 1.28 bits per heavy atom. The molecule has 0 aliphatic carbocycles. The minimum Gasteiger partial charge on any atom is -0.493 e. The van der Waals surface area contributed by atoms with Gasteiger partial charge in [-0.1, -0.05) is 11.3 Å². The summed E-state index contributed by atoms with van der Waals surface area (Å²) in [6, 6.07) is 5.82. The van der Waals surface area contributed by atoms with Gasteiger partial charge in [-0.2, -0.15) is 0 Å². The first-order chi connectivity index (χ1) is 8.60. The van der Waals surface area contributed by atoms with E-state index in [9.17, 15) is 0 Å². The van der Waals surface area contributed by atoms with E-state index in [0.717, 1.165) is 16.2 Å². The second-order valence-electron chi connectivity index (χ2n) is 4.09. The predicted molar refractivity (Wildman–Crippen MR) is 74.3 cm³/mol. The number of hydrogen-bond acceptors (Lipinski definition) is 5. The fourth-order valence-corrected chi connectivity index (χ4v) is 2.27. The first kappa shape index (κ1) is 12.7. The molecule has 96 valence electrons. The van der Waals surface area contributed by atoms with Gasteiger partial charge in [0, 0.05) is 6.20 Å². The molecular weight excluding hydrogens is 248 g/mol. The molecule has 0 aliphatic heterocycles. The van der Waals surface area contributed by atoms with Crippen molar-refractivity contribution < 1.29 is 9.47 Å². The third-order valence-corrected chi connectivity index (χ3v) is 3.21. The molecule has 1 aromatic heterocycles. The van der Waals surface area contributed by atoms with Crippen molar-refractivity contribution in [1.29, 1.82) is 0 Å². The third kappa shape index (κ3) is 2.73. The molecule has 0 radical (unpaired) electrons. The molecule has 0 spiro atoms. The fourth-order valence-electron chi connectivity index (χ4n) is 1.59. The summed E-state index contributed by atoms with van der Waals surface area (Å²) in [6.07, 6.45) is 1.88. The molecule has 4 nitrogen and oxygen atoms in total. The summed E-state index contributed by atoms with van der Waals surface area (Å²) >= 11 is 1.45. The van der Waals surface area contributed by atoms with Crippen LogP contribution in [0.4, 0.5) is 5.13 Å². The maximum Gasteiger partial charge on any atom is 0.180 e. The quantitative estimate of drug-likeness (QED) is 0.921. The Balaban J connectivity index is 2.35. The van der Waals surface area contributed by atoms with Crippen molar-refractivity contribution >= 4 is 16.5 Å². The fraction of sp³-hybridized carbons (Fsp3) is 0.308. The summed E-state index contributed by atoms with van der Waals surface area (Å²) < 4.78 is 11.0. The smallest absolute Gasteiger partial charge is 0.180 e. The lowest BCUT2D eigenvalue weighted by atomic mass is 10.2. The van der Waals surface area contributed by atoms with Gasteiger partial charge in [-0.15, -0.1) is 0 Å². The van der Waals surface area contributed by atoms with E-state index in [1.54, 1.807) is 13.3 Å². The lowest BCUT2D eigenvalue weighted by Gasteiger charge is -2.14. The second kappa shape index (κ2) is 5.27. The van der Waals surface area contributed by atoms with Crippen LogP contribution in [0.5, 0.6) is 11.5 Å². The van der Waals surface area contributed by atoms with Crippen molar-refractivity contribution in [3.8, 4) is 21.9 Å². The standard InChI is InChI=1S/C13H16N2O2S/c1-8(2)17-10-5-4-9(6-11(10)16-3)12-7-15-13(14)18-12/h4-8H,1-3H3,(H2,14,15). The molecule has 0 unspecified atom stereocenters. The molecule has 0 aliphatic rings. The van der Waals surface area contributed by atoms with Gasteiger partial charge in [0.05, 0.1) is 18.1 Å². The molecule has 0 atom stereocenters. The van der Waals surface area contributed by atoms with Crippen LogP contribution >= 0.6 is 11.3 Å². The van der Waals surface area contributed by atoms with Crippen LogP contribution in [0.25, 0.3) is 10.4 Å². The van der Waals surface area contributed by atoms with E-state index in [0.29, 0.717) is 10.9 Å². The average Bonchev–Trinajstić information content (AvgIpc) is 2.75. The molecule has 1 aromatic carbocycles. The van der Waals surface area contributed by atoms with Gasteiger partial charge in [0.1, 0.15) is 0 Å². The highest BCUT2D eigenvalue weighted by Crippen LogP contribution is 2.35. The first-order valence-corrected chi connectivity index (χ1v) is 6.48. The van der Waals surface area contributed by atoms with Crippen molar-refractivity contribution in [2.24, 2.45) is 0 Å². The molecule has 0 fully saturated rings. The summed E-state index contributed by atoms with van der Waals surface area (Å²) in [5.41, 5.74) is 6.66. The molecule has 0 bridgehead atoms. The Morgan fingerprint density at radius 3 is 2.61 bits per heavy atom. The van der Waals surface area contributed by atoms with Crippen LogP contribution in [-0.4, -0.2) is 18.2 Å².